The molecule has 4 rings (SSSR count). The van der Waals surface area contributed by atoms with Crippen LogP contribution in [0.1, 0.15) is 51.6 Å². The highest BCUT2D eigenvalue weighted by atomic mass is 32.2. The number of carbonyl (C=O) groups is 2. The summed E-state index contributed by atoms with van der Waals surface area (Å²) >= 11 is 1.41. The van der Waals surface area contributed by atoms with E-state index >= 15 is 0 Å². The van der Waals surface area contributed by atoms with E-state index in [1.807, 2.05) is 31.1 Å². The number of nitrogens with one attached hydrogen (secondary N) is 1. The van der Waals surface area contributed by atoms with E-state index in [9.17, 15) is 19.7 Å². The van der Waals surface area contributed by atoms with Gasteiger partial charge in [-0.05, 0) is 56.7 Å². The summed E-state index contributed by atoms with van der Waals surface area (Å²) in [7, 11) is 0. The quantitative estimate of drug-likeness (QED) is 0.395. The molecule has 3 heterocycles. The molecule has 36 heavy (non-hydrogen) atoms. The first-order valence-corrected chi connectivity index (χ1v) is 13.1. The highest BCUT2D eigenvalue weighted by molar-refractivity contribution is 8.16. The SMILES string of the molecule is CCN(CC)C(=O)C1=C(C)N=C2SC=C(CC(=O)NCC3CCCO3)N2C1c1ccc([N+](=O)[O-])cc1. The topological polar surface area (TPSA) is 117 Å². The minimum Gasteiger partial charge on any atom is -0.376 e. The van der Waals surface area contributed by atoms with Gasteiger partial charge in [0.05, 0.1) is 34.8 Å². The Morgan fingerprint density at radius 2 is 2.00 bits per heavy atom. The molecule has 1 N–H and O–H groups in total. The molecule has 0 aliphatic carbocycles. The number of nitro benzene ring substituents is 1. The lowest BCUT2D eigenvalue weighted by Crippen LogP contribution is -2.42. The Morgan fingerprint density at radius 1 is 1.28 bits per heavy atom. The number of nitro groups is 1. The first-order valence-electron chi connectivity index (χ1n) is 12.2. The first-order chi connectivity index (χ1) is 17.3. The summed E-state index contributed by atoms with van der Waals surface area (Å²) in [4.78, 5) is 45.6. The van der Waals surface area contributed by atoms with Crippen molar-refractivity contribution in [3.05, 3.63) is 62.3 Å². The van der Waals surface area contributed by atoms with Crippen molar-refractivity contribution in [2.75, 3.05) is 26.2 Å². The molecule has 1 aromatic rings. The fraction of sp³-hybridized carbons (Fsp3) is 0.480. The molecule has 3 aliphatic rings. The van der Waals surface area contributed by atoms with Crippen molar-refractivity contribution in [1.82, 2.24) is 15.1 Å². The second-order valence-electron chi connectivity index (χ2n) is 8.84. The lowest BCUT2D eigenvalue weighted by atomic mass is 9.92. The van der Waals surface area contributed by atoms with Crippen LogP contribution in [0.3, 0.4) is 0 Å². The average Bonchev–Trinajstić information content (AvgIpc) is 3.53. The molecule has 0 aromatic heterocycles. The van der Waals surface area contributed by atoms with Crippen molar-refractivity contribution in [3.8, 4) is 0 Å². The van der Waals surface area contributed by atoms with Crippen LogP contribution in [-0.4, -0.2) is 64.1 Å². The van der Waals surface area contributed by atoms with E-state index < -0.39 is 11.0 Å². The number of amidine groups is 1. The van der Waals surface area contributed by atoms with Crippen LogP contribution >= 0.6 is 11.8 Å². The normalized spacial score (nSPS) is 21.1. The van der Waals surface area contributed by atoms with E-state index in [-0.39, 0.29) is 30.0 Å². The Labute approximate surface area is 214 Å². The third-order valence-electron chi connectivity index (χ3n) is 6.59. The number of non-ortho nitro benzene ring substituents is 1. The zero-order valence-corrected chi connectivity index (χ0v) is 21.5. The number of carbonyl (C=O) groups excluding carboxylic acids is 2. The fourth-order valence-corrected chi connectivity index (χ4v) is 5.64. The number of hydrogen-bond donors (Lipinski definition) is 1. The maximum atomic E-state index is 13.6. The minimum atomic E-state index is -0.557. The minimum absolute atomic E-state index is 0.0270. The number of allylic oxidation sites excluding steroid dienone is 1. The van der Waals surface area contributed by atoms with Gasteiger partial charge < -0.3 is 19.9 Å². The first kappa shape index (κ1) is 25.9. The number of aliphatic imine (C=N–C) groups is 1. The number of ether oxygens (including phenoxy) is 1. The Bertz CT molecular complexity index is 1120. The van der Waals surface area contributed by atoms with Crippen molar-refractivity contribution in [2.45, 2.75) is 52.2 Å². The van der Waals surface area contributed by atoms with Gasteiger partial charge in [0, 0.05) is 44.1 Å². The molecule has 0 radical (unpaired) electrons. The summed E-state index contributed by atoms with van der Waals surface area (Å²) in [5.74, 6) is -0.272. The summed E-state index contributed by atoms with van der Waals surface area (Å²) in [5, 5.41) is 16.8. The summed E-state index contributed by atoms with van der Waals surface area (Å²) in [6.07, 6.45) is 2.10. The number of thioether (sulfide) groups is 1. The molecule has 192 valence electrons. The molecule has 1 fully saturated rings. The summed E-state index contributed by atoms with van der Waals surface area (Å²) in [5.41, 5.74) is 2.53. The molecular weight excluding hydrogens is 482 g/mol. The van der Waals surface area contributed by atoms with Crippen molar-refractivity contribution < 1.29 is 19.2 Å². The highest BCUT2D eigenvalue weighted by Crippen LogP contribution is 2.45. The van der Waals surface area contributed by atoms with Gasteiger partial charge in [0.15, 0.2) is 5.17 Å². The van der Waals surface area contributed by atoms with Crippen LogP contribution in [0, 0.1) is 10.1 Å². The third kappa shape index (κ3) is 5.31. The number of rotatable bonds is 9. The molecule has 0 saturated carbocycles. The predicted octanol–water partition coefficient (Wildman–Crippen LogP) is 3.72. The second-order valence-corrected chi connectivity index (χ2v) is 9.67. The number of benzene rings is 1. The Balaban J connectivity index is 1.65. The monoisotopic (exact) mass is 513 g/mol. The lowest BCUT2D eigenvalue weighted by Gasteiger charge is -2.38. The van der Waals surface area contributed by atoms with Crippen LogP contribution in [0.2, 0.25) is 0 Å². The van der Waals surface area contributed by atoms with Gasteiger partial charge in [-0.15, -0.1) is 0 Å². The molecule has 11 heteroatoms. The maximum absolute atomic E-state index is 13.6. The van der Waals surface area contributed by atoms with Crippen molar-refractivity contribution in [1.29, 1.82) is 0 Å². The highest BCUT2D eigenvalue weighted by Gasteiger charge is 2.41. The zero-order chi connectivity index (χ0) is 25.8. The van der Waals surface area contributed by atoms with Crippen molar-refractivity contribution in [2.24, 2.45) is 4.99 Å². The van der Waals surface area contributed by atoms with Crippen molar-refractivity contribution >= 4 is 34.4 Å². The molecule has 1 saturated heterocycles. The van der Waals surface area contributed by atoms with Crippen LogP contribution < -0.4 is 5.32 Å². The number of fused-ring (bicyclic) bond motifs is 1. The van der Waals surface area contributed by atoms with Gasteiger partial charge in [-0.3, -0.25) is 19.7 Å². The Hall–Kier alpha value is -3.18. The standard InChI is InChI=1S/C25H31N5O5S/c1-4-28(5-2)24(32)22-16(3)27-25-29(23(22)17-8-10-18(11-9-17)30(33)34)19(15-36-25)13-21(31)26-14-20-7-6-12-35-20/h8-11,15,20,23H,4-7,12-14H2,1-3H3,(H,26,31). The van der Waals surface area contributed by atoms with E-state index in [2.05, 4.69) is 5.32 Å². The molecule has 1 aromatic carbocycles. The smallest absolute Gasteiger partial charge is 0.269 e. The molecule has 2 amide bonds. The van der Waals surface area contributed by atoms with Gasteiger partial charge in [0.2, 0.25) is 5.91 Å². The van der Waals surface area contributed by atoms with Gasteiger partial charge in [0.25, 0.3) is 11.6 Å². The summed E-state index contributed by atoms with van der Waals surface area (Å²) < 4.78 is 5.60. The number of amides is 2. The van der Waals surface area contributed by atoms with Gasteiger partial charge in [-0.1, -0.05) is 11.8 Å². The number of hydrogen-bond acceptors (Lipinski definition) is 8. The Morgan fingerprint density at radius 3 is 2.61 bits per heavy atom. The van der Waals surface area contributed by atoms with Crippen LogP contribution in [0.25, 0.3) is 0 Å². The molecule has 2 atom stereocenters. The average molecular weight is 514 g/mol. The number of nitrogens with zero attached hydrogens (tertiary/aromatic N) is 4. The van der Waals surface area contributed by atoms with Crippen LogP contribution in [-0.2, 0) is 14.3 Å². The van der Waals surface area contributed by atoms with Gasteiger partial charge >= 0.3 is 0 Å². The summed E-state index contributed by atoms with van der Waals surface area (Å²) in [6, 6.07) is 5.67. The Kier molecular flexibility index (Phi) is 8.10. The summed E-state index contributed by atoms with van der Waals surface area (Å²) in [6.45, 7) is 7.93. The molecular formula is C25H31N5O5S. The second kappa shape index (κ2) is 11.3. The van der Waals surface area contributed by atoms with E-state index in [4.69, 9.17) is 9.73 Å². The largest absolute Gasteiger partial charge is 0.376 e. The van der Waals surface area contributed by atoms with Gasteiger partial charge in [-0.25, -0.2) is 4.99 Å². The molecule has 2 unspecified atom stereocenters. The molecule has 10 nitrogen and oxygen atoms in total. The van der Waals surface area contributed by atoms with E-state index in [0.29, 0.717) is 36.1 Å². The van der Waals surface area contributed by atoms with E-state index in [1.165, 1.54) is 23.9 Å². The van der Waals surface area contributed by atoms with Gasteiger partial charge in [0.1, 0.15) is 0 Å². The fourth-order valence-electron chi connectivity index (χ4n) is 4.68. The lowest BCUT2D eigenvalue weighted by molar-refractivity contribution is -0.384. The van der Waals surface area contributed by atoms with Crippen molar-refractivity contribution in [3.63, 3.8) is 0 Å². The third-order valence-corrected chi connectivity index (χ3v) is 7.48. The number of likely N-dealkylation sites (N-methyl/N-ethyl adjacent to an activating group) is 1. The molecule has 0 bridgehead atoms. The van der Waals surface area contributed by atoms with E-state index in [1.54, 1.807) is 17.0 Å². The maximum Gasteiger partial charge on any atom is 0.269 e. The van der Waals surface area contributed by atoms with Crippen LogP contribution in [0.4, 0.5) is 5.69 Å². The molecule has 0 spiro atoms. The zero-order valence-electron chi connectivity index (χ0n) is 20.7. The predicted molar refractivity (Wildman–Crippen MR) is 138 cm³/mol. The van der Waals surface area contributed by atoms with Crippen LogP contribution in [0.15, 0.2) is 51.6 Å². The van der Waals surface area contributed by atoms with Gasteiger partial charge in [-0.2, -0.15) is 0 Å². The van der Waals surface area contributed by atoms with Crippen LogP contribution in [0.5, 0.6) is 0 Å². The van der Waals surface area contributed by atoms with E-state index in [0.717, 1.165) is 30.7 Å². The molecule has 3 aliphatic heterocycles.